The molecule has 1 aromatic heterocycles. The van der Waals surface area contributed by atoms with Crippen LogP contribution in [0.5, 0.6) is 0 Å². The van der Waals surface area contributed by atoms with E-state index in [-0.39, 0.29) is 0 Å². The number of aromatic nitrogens is 2. The average molecular weight is 245 g/mol. The van der Waals surface area contributed by atoms with Crippen molar-refractivity contribution < 1.29 is 4.74 Å². The zero-order valence-corrected chi connectivity index (χ0v) is 10.5. The number of hydrogen-bond acceptors (Lipinski definition) is 3. The lowest BCUT2D eigenvalue weighted by Gasteiger charge is -2.03. The minimum Gasteiger partial charge on any atom is -0.377 e. The van der Waals surface area contributed by atoms with Gasteiger partial charge in [-0.1, -0.05) is 6.07 Å². The Bertz CT molecular complexity index is 531. The molecule has 96 valence electrons. The fraction of sp³-hybridized carbons (Fsp3) is 0.500. The molecule has 1 heterocycles. The van der Waals surface area contributed by atoms with Gasteiger partial charge < -0.3 is 15.5 Å². The van der Waals surface area contributed by atoms with Crippen LogP contribution in [0.1, 0.15) is 36.6 Å². The van der Waals surface area contributed by atoms with E-state index >= 15 is 0 Å². The van der Waals surface area contributed by atoms with Crippen LogP contribution in [0.4, 0.5) is 0 Å². The molecule has 1 fully saturated rings. The largest absolute Gasteiger partial charge is 0.377 e. The number of nitrogens with zero attached hydrogens (tertiary/aromatic N) is 1. The summed E-state index contributed by atoms with van der Waals surface area (Å²) in [5.41, 5.74) is 8.79. The highest BCUT2D eigenvalue weighted by Crippen LogP contribution is 2.39. The summed E-state index contributed by atoms with van der Waals surface area (Å²) in [6.45, 7) is 2.06. The Balaban J connectivity index is 1.69. The van der Waals surface area contributed by atoms with Crippen molar-refractivity contribution in [2.24, 2.45) is 5.73 Å². The van der Waals surface area contributed by atoms with E-state index in [1.54, 1.807) is 0 Å². The van der Waals surface area contributed by atoms with Gasteiger partial charge in [-0.2, -0.15) is 0 Å². The maximum atomic E-state index is 5.56. The van der Waals surface area contributed by atoms with Gasteiger partial charge in [0, 0.05) is 12.5 Å². The van der Waals surface area contributed by atoms with Gasteiger partial charge in [-0.25, -0.2) is 4.98 Å². The van der Waals surface area contributed by atoms with Crippen molar-refractivity contribution in [2.75, 3.05) is 13.2 Å². The second-order valence-corrected chi connectivity index (χ2v) is 4.94. The number of benzene rings is 1. The summed E-state index contributed by atoms with van der Waals surface area (Å²) < 4.78 is 5.56. The van der Waals surface area contributed by atoms with Crippen LogP contribution < -0.4 is 5.73 Å². The maximum Gasteiger partial charge on any atom is 0.110 e. The predicted octanol–water partition coefficient (Wildman–Crippen LogP) is 2.31. The van der Waals surface area contributed by atoms with Gasteiger partial charge in [0.1, 0.15) is 5.82 Å². The zero-order chi connectivity index (χ0) is 12.4. The summed E-state index contributed by atoms with van der Waals surface area (Å²) >= 11 is 0. The molecule has 0 bridgehead atoms. The molecule has 1 saturated carbocycles. The first-order valence-corrected chi connectivity index (χ1v) is 6.63. The van der Waals surface area contributed by atoms with Crippen molar-refractivity contribution in [3.63, 3.8) is 0 Å². The molecule has 4 heteroatoms. The van der Waals surface area contributed by atoms with Gasteiger partial charge in [-0.3, -0.25) is 0 Å². The van der Waals surface area contributed by atoms with E-state index in [9.17, 15) is 0 Å². The summed E-state index contributed by atoms with van der Waals surface area (Å²) in [6.07, 6.45) is 3.46. The Hall–Kier alpha value is -1.39. The first-order chi connectivity index (χ1) is 8.86. The van der Waals surface area contributed by atoms with E-state index in [2.05, 4.69) is 28.2 Å². The smallest absolute Gasteiger partial charge is 0.110 e. The maximum absolute atomic E-state index is 5.56. The van der Waals surface area contributed by atoms with E-state index in [4.69, 9.17) is 10.5 Å². The van der Waals surface area contributed by atoms with E-state index in [0.29, 0.717) is 19.1 Å². The van der Waals surface area contributed by atoms with Crippen molar-refractivity contribution in [1.82, 2.24) is 9.97 Å². The third-order valence-electron chi connectivity index (χ3n) is 3.29. The van der Waals surface area contributed by atoms with Gasteiger partial charge in [-0.05, 0) is 43.5 Å². The van der Waals surface area contributed by atoms with Crippen LogP contribution in [-0.2, 0) is 11.3 Å². The van der Waals surface area contributed by atoms with Gasteiger partial charge in [0.15, 0.2) is 0 Å². The van der Waals surface area contributed by atoms with Gasteiger partial charge >= 0.3 is 0 Å². The molecule has 0 radical (unpaired) electrons. The number of H-pyrrole nitrogens is 1. The zero-order valence-electron chi connectivity index (χ0n) is 10.5. The molecule has 3 N–H and O–H groups in total. The lowest BCUT2D eigenvalue weighted by molar-refractivity contribution is 0.120. The molecule has 0 aliphatic heterocycles. The van der Waals surface area contributed by atoms with Gasteiger partial charge in [-0.15, -0.1) is 0 Å². The van der Waals surface area contributed by atoms with Crippen LogP contribution in [0.3, 0.4) is 0 Å². The van der Waals surface area contributed by atoms with Crippen LogP contribution in [0.2, 0.25) is 0 Å². The molecule has 1 aromatic carbocycles. The van der Waals surface area contributed by atoms with Crippen LogP contribution in [0.15, 0.2) is 18.2 Å². The SMILES string of the molecule is NCCCOCc1ccc2nc(C3CC3)[nH]c2c1. The van der Waals surface area contributed by atoms with Gasteiger partial charge in [0.2, 0.25) is 0 Å². The molecule has 3 rings (SSSR count). The van der Waals surface area contributed by atoms with Crippen molar-refractivity contribution in [1.29, 1.82) is 0 Å². The summed E-state index contributed by atoms with van der Waals surface area (Å²) in [6, 6.07) is 6.29. The highest BCUT2D eigenvalue weighted by molar-refractivity contribution is 5.76. The fourth-order valence-corrected chi connectivity index (χ4v) is 2.09. The summed E-state index contributed by atoms with van der Waals surface area (Å²) in [5.74, 6) is 1.81. The molecule has 4 nitrogen and oxygen atoms in total. The Morgan fingerprint density at radius 3 is 3.06 bits per heavy atom. The monoisotopic (exact) mass is 245 g/mol. The molecule has 0 unspecified atom stereocenters. The van der Waals surface area contributed by atoms with E-state index < -0.39 is 0 Å². The fourth-order valence-electron chi connectivity index (χ4n) is 2.09. The lowest BCUT2D eigenvalue weighted by atomic mass is 10.2. The molecule has 18 heavy (non-hydrogen) atoms. The van der Waals surface area contributed by atoms with Gasteiger partial charge in [0.05, 0.1) is 17.6 Å². The first-order valence-electron chi connectivity index (χ1n) is 6.63. The minimum atomic E-state index is 0.647. The number of fused-ring (bicyclic) bond motifs is 1. The molecule has 0 spiro atoms. The number of nitrogens with one attached hydrogen (secondary N) is 1. The molecule has 0 amide bonds. The highest BCUT2D eigenvalue weighted by atomic mass is 16.5. The highest BCUT2D eigenvalue weighted by Gasteiger charge is 2.26. The first kappa shape index (κ1) is 11.7. The van der Waals surface area contributed by atoms with Crippen molar-refractivity contribution in [2.45, 2.75) is 31.8 Å². The van der Waals surface area contributed by atoms with E-state index in [1.165, 1.54) is 18.4 Å². The lowest BCUT2D eigenvalue weighted by Crippen LogP contribution is -2.04. The molecular formula is C14H19N3O. The van der Waals surface area contributed by atoms with E-state index in [1.807, 2.05) is 0 Å². The molecule has 1 aliphatic rings. The van der Waals surface area contributed by atoms with Crippen LogP contribution in [0.25, 0.3) is 11.0 Å². The summed E-state index contributed by atoms with van der Waals surface area (Å²) in [7, 11) is 0. The second-order valence-electron chi connectivity index (χ2n) is 4.94. The van der Waals surface area contributed by atoms with Gasteiger partial charge in [0.25, 0.3) is 0 Å². The Morgan fingerprint density at radius 2 is 2.28 bits per heavy atom. The number of hydrogen-bond donors (Lipinski definition) is 2. The number of ether oxygens (including phenoxy) is 1. The van der Waals surface area contributed by atoms with Crippen molar-refractivity contribution in [3.8, 4) is 0 Å². The number of nitrogens with two attached hydrogens (primary N) is 1. The Labute approximate surface area is 107 Å². The minimum absolute atomic E-state index is 0.647. The molecule has 1 aliphatic carbocycles. The molecular weight excluding hydrogens is 226 g/mol. The average Bonchev–Trinajstić information content (AvgIpc) is 3.15. The summed E-state index contributed by atoms with van der Waals surface area (Å²) in [5, 5.41) is 0. The molecule has 0 atom stereocenters. The number of rotatable bonds is 6. The van der Waals surface area contributed by atoms with Crippen LogP contribution in [0, 0.1) is 0 Å². The van der Waals surface area contributed by atoms with Crippen molar-refractivity contribution in [3.05, 3.63) is 29.6 Å². The van der Waals surface area contributed by atoms with Crippen LogP contribution in [-0.4, -0.2) is 23.1 Å². The third-order valence-corrected chi connectivity index (χ3v) is 3.29. The second kappa shape index (κ2) is 5.08. The van der Waals surface area contributed by atoms with Crippen molar-refractivity contribution >= 4 is 11.0 Å². The third kappa shape index (κ3) is 2.54. The summed E-state index contributed by atoms with van der Waals surface area (Å²) in [4.78, 5) is 8.03. The molecule has 0 saturated heterocycles. The predicted molar refractivity (Wildman–Crippen MR) is 71.4 cm³/mol. The van der Waals surface area contributed by atoms with Crippen LogP contribution >= 0.6 is 0 Å². The van der Waals surface area contributed by atoms with E-state index in [0.717, 1.165) is 29.9 Å². The molecule has 2 aromatic rings. The standard InChI is InChI=1S/C14H19N3O/c15-6-1-7-18-9-10-2-5-12-13(8-10)17-14(16-12)11-3-4-11/h2,5,8,11H,1,3-4,6-7,9,15H2,(H,16,17). The Morgan fingerprint density at radius 1 is 1.39 bits per heavy atom. The Kier molecular flexibility index (Phi) is 3.30. The topological polar surface area (TPSA) is 63.9 Å². The normalized spacial score (nSPS) is 15.4. The number of imidazole rings is 1. The number of aromatic amines is 1. The quantitative estimate of drug-likeness (QED) is 0.767.